The van der Waals surface area contributed by atoms with Gasteiger partial charge in [0.15, 0.2) is 0 Å². The van der Waals surface area contributed by atoms with Gasteiger partial charge in [-0.2, -0.15) is 4.98 Å². The van der Waals surface area contributed by atoms with Gasteiger partial charge in [0.2, 0.25) is 11.8 Å². The van der Waals surface area contributed by atoms with Crippen molar-refractivity contribution in [1.82, 2.24) is 4.98 Å². The molecule has 0 bridgehead atoms. The molecule has 0 atom stereocenters. The van der Waals surface area contributed by atoms with Gasteiger partial charge < -0.3 is 14.2 Å². The van der Waals surface area contributed by atoms with Crippen LogP contribution in [0.5, 0.6) is 17.5 Å². The minimum Gasteiger partial charge on any atom is -0.488 e. The van der Waals surface area contributed by atoms with Crippen molar-refractivity contribution in [3.8, 4) is 28.6 Å². The van der Waals surface area contributed by atoms with Gasteiger partial charge in [0.25, 0.3) is 0 Å². The maximum Gasteiger partial charge on any atom is 0.225 e. The van der Waals surface area contributed by atoms with Crippen molar-refractivity contribution in [2.75, 3.05) is 0 Å². The summed E-state index contributed by atoms with van der Waals surface area (Å²) >= 11 is 3.62. The Morgan fingerprint density at radius 2 is 1.08 bits per heavy atom. The smallest absolute Gasteiger partial charge is 0.225 e. The van der Waals surface area contributed by atoms with E-state index in [1.807, 2.05) is 121 Å². The first kappa shape index (κ1) is 24.6. The third-order valence-electron chi connectivity index (χ3n) is 5.76. The first-order valence-electron chi connectivity index (χ1n) is 12.1. The van der Waals surface area contributed by atoms with E-state index in [9.17, 15) is 0 Å². The first-order chi connectivity index (χ1) is 18.2. The molecule has 0 aliphatic carbocycles. The number of hydrogen-bond donors (Lipinski definition) is 0. The van der Waals surface area contributed by atoms with E-state index >= 15 is 0 Å². The zero-order valence-electron chi connectivity index (χ0n) is 20.2. The van der Waals surface area contributed by atoms with Gasteiger partial charge in [-0.05, 0) is 56.4 Å². The van der Waals surface area contributed by atoms with E-state index < -0.39 is 0 Å². The Kier molecular flexibility index (Phi) is 8.14. The molecule has 0 aliphatic heterocycles. The number of pyridine rings is 1. The minimum atomic E-state index is 0.400. The third-order valence-corrected chi connectivity index (χ3v) is 6.42. The Balaban J connectivity index is 1.40. The molecule has 0 fully saturated rings. The summed E-state index contributed by atoms with van der Waals surface area (Å²) in [6.45, 7) is 1.31. The van der Waals surface area contributed by atoms with Gasteiger partial charge in [0.05, 0.1) is 4.47 Å². The highest BCUT2D eigenvalue weighted by Crippen LogP contribution is 2.36. The lowest BCUT2D eigenvalue weighted by molar-refractivity contribution is 0.268. The van der Waals surface area contributed by atoms with E-state index in [2.05, 4.69) is 15.9 Å². The van der Waals surface area contributed by atoms with Crippen LogP contribution in [0.1, 0.15) is 16.7 Å². The molecule has 184 valence electrons. The van der Waals surface area contributed by atoms with E-state index in [1.54, 1.807) is 0 Å². The largest absolute Gasteiger partial charge is 0.488 e. The molecular weight excluding hydrogens is 526 g/mol. The summed E-state index contributed by atoms with van der Waals surface area (Å²) in [5, 5.41) is 0. The number of halogens is 1. The molecule has 0 saturated heterocycles. The van der Waals surface area contributed by atoms with Crippen molar-refractivity contribution in [3.05, 3.63) is 142 Å². The monoisotopic (exact) mass is 551 g/mol. The van der Waals surface area contributed by atoms with Gasteiger partial charge in [0.1, 0.15) is 25.6 Å². The average molecular weight is 552 g/mol. The number of rotatable bonds is 10. The Labute approximate surface area is 225 Å². The molecule has 4 nitrogen and oxygen atoms in total. The van der Waals surface area contributed by atoms with Crippen molar-refractivity contribution < 1.29 is 14.2 Å². The van der Waals surface area contributed by atoms with Crippen LogP contribution in [0.15, 0.2) is 126 Å². The molecule has 5 aromatic rings. The molecule has 0 aliphatic rings. The maximum absolute atomic E-state index is 6.23. The molecule has 0 saturated carbocycles. The highest BCUT2D eigenvalue weighted by molar-refractivity contribution is 9.10. The highest BCUT2D eigenvalue weighted by atomic mass is 79.9. The van der Waals surface area contributed by atoms with Crippen LogP contribution in [0.4, 0.5) is 0 Å². The number of aromatic nitrogens is 1. The zero-order chi connectivity index (χ0) is 25.3. The molecule has 1 heterocycles. The predicted octanol–water partition coefficient (Wildman–Crippen LogP) is 8.25. The zero-order valence-corrected chi connectivity index (χ0v) is 21.8. The molecule has 0 N–H and O–H groups in total. The normalized spacial score (nSPS) is 10.6. The van der Waals surface area contributed by atoms with Crippen molar-refractivity contribution in [2.24, 2.45) is 0 Å². The number of ether oxygens (including phenoxy) is 3. The van der Waals surface area contributed by atoms with Gasteiger partial charge in [-0.25, -0.2) is 0 Å². The Morgan fingerprint density at radius 1 is 0.541 bits per heavy atom. The average Bonchev–Trinajstić information content (AvgIpc) is 2.96. The highest BCUT2D eigenvalue weighted by Gasteiger charge is 2.14. The Morgan fingerprint density at radius 3 is 1.68 bits per heavy atom. The quantitative estimate of drug-likeness (QED) is 0.175. The molecule has 0 spiro atoms. The van der Waals surface area contributed by atoms with E-state index in [4.69, 9.17) is 19.2 Å². The van der Waals surface area contributed by atoms with Crippen molar-refractivity contribution >= 4 is 15.9 Å². The second-order valence-electron chi connectivity index (χ2n) is 8.47. The second kappa shape index (κ2) is 12.2. The summed E-state index contributed by atoms with van der Waals surface area (Å²) in [4.78, 5) is 4.73. The SMILES string of the molecule is Brc1ccc(-c2ccc(OCc3ccccc3)nc2OCc2ccccc2)cc1OCc1ccccc1. The summed E-state index contributed by atoms with van der Waals surface area (Å²) < 4.78 is 19.2. The van der Waals surface area contributed by atoms with E-state index in [-0.39, 0.29) is 0 Å². The molecule has 1 aromatic heterocycles. The van der Waals surface area contributed by atoms with Crippen LogP contribution in [-0.4, -0.2) is 4.98 Å². The van der Waals surface area contributed by atoms with Crippen LogP contribution in [0.25, 0.3) is 11.1 Å². The Bertz CT molecular complexity index is 1430. The number of benzene rings is 4. The van der Waals surface area contributed by atoms with Gasteiger partial charge >= 0.3 is 0 Å². The molecule has 0 radical (unpaired) electrons. The van der Waals surface area contributed by atoms with E-state index in [0.717, 1.165) is 38.0 Å². The van der Waals surface area contributed by atoms with Gasteiger partial charge in [-0.3, -0.25) is 0 Å². The molecule has 4 aromatic carbocycles. The molecule has 0 amide bonds. The minimum absolute atomic E-state index is 0.400. The molecule has 0 unspecified atom stereocenters. The van der Waals surface area contributed by atoms with Crippen molar-refractivity contribution in [1.29, 1.82) is 0 Å². The molecule has 5 rings (SSSR count). The Hall–Kier alpha value is -4.09. The summed E-state index contributed by atoms with van der Waals surface area (Å²) in [7, 11) is 0. The van der Waals surface area contributed by atoms with Crippen LogP contribution in [0, 0.1) is 0 Å². The van der Waals surface area contributed by atoms with Crippen LogP contribution in [0.2, 0.25) is 0 Å². The van der Waals surface area contributed by atoms with Crippen LogP contribution in [-0.2, 0) is 19.8 Å². The van der Waals surface area contributed by atoms with Gasteiger partial charge in [-0.1, -0.05) is 97.1 Å². The van der Waals surface area contributed by atoms with Crippen molar-refractivity contribution in [3.63, 3.8) is 0 Å². The standard InChI is InChI=1S/C32H26BrNO3/c33-29-18-16-27(20-30(29)35-21-24-10-4-1-5-11-24)28-17-19-31(36-22-25-12-6-2-7-13-25)34-32(28)37-23-26-14-8-3-9-15-26/h1-20H,21-23H2. The van der Waals surface area contributed by atoms with Crippen molar-refractivity contribution in [2.45, 2.75) is 19.8 Å². The molecule has 37 heavy (non-hydrogen) atoms. The van der Waals surface area contributed by atoms with Gasteiger partial charge in [0, 0.05) is 11.6 Å². The summed E-state index contributed by atoms with van der Waals surface area (Å²) in [6.07, 6.45) is 0. The summed E-state index contributed by atoms with van der Waals surface area (Å²) in [6, 6.07) is 40.1. The van der Waals surface area contributed by atoms with Gasteiger partial charge in [-0.15, -0.1) is 0 Å². The lowest BCUT2D eigenvalue weighted by Crippen LogP contribution is -2.02. The lowest BCUT2D eigenvalue weighted by Gasteiger charge is -2.15. The summed E-state index contributed by atoms with van der Waals surface area (Å²) in [5.41, 5.74) is 5.05. The fourth-order valence-electron chi connectivity index (χ4n) is 3.81. The van der Waals surface area contributed by atoms with E-state index in [0.29, 0.717) is 31.6 Å². The molecular formula is C32H26BrNO3. The number of hydrogen-bond acceptors (Lipinski definition) is 4. The first-order valence-corrected chi connectivity index (χ1v) is 12.8. The van der Waals surface area contributed by atoms with Crippen LogP contribution < -0.4 is 14.2 Å². The fourth-order valence-corrected chi connectivity index (χ4v) is 4.17. The maximum atomic E-state index is 6.23. The van der Waals surface area contributed by atoms with E-state index in [1.165, 1.54) is 0 Å². The van der Waals surface area contributed by atoms with Crippen LogP contribution in [0.3, 0.4) is 0 Å². The molecule has 5 heteroatoms. The second-order valence-corrected chi connectivity index (χ2v) is 9.32. The fraction of sp³-hybridized carbons (Fsp3) is 0.0938. The van der Waals surface area contributed by atoms with Crippen LogP contribution >= 0.6 is 15.9 Å². The predicted molar refractivity (Wildman–Crippen MR) is 150 cm³/mol. The third kappa shape index (κ3) is 6.78. The lowest BCUT2D eigenvalue weighted by atomic mass is 10.1. The summed E-state index contributed by atoms with van der Waals surface area (Å²) in [5.74, 6) is 1.76. The topological polar surface area (TPSA) is 40.6 Å². The number of nitrogens with zero attached hydrogens (tertiary/aromatic N) is 1.